The van der Waals surface area contributed by atoms with Crippen LogP contribution in [0.15, 0.2) is 24.3 Å². The van der Waals surface area contributed by atoms with E-state index in [-0.39, 0.29) is 11.9 Å². The molecular weight excluding hydrogens is 222 g/mol. The van der Waals surface area contributed by atoms with Gasteiger partial charge in [0.15, 0.2) is 0 Å². The Bertz CT molecular complexity index is 352. The zero-order valence-corrected chi connectivity index (χ0v) is 10.6. The first kappa shape index (κ1) is 13.0. The third kappa shape index (κ3) is 4.67. The van der Waals surface area contributed by atoms with Crippen molar-refractivity contribution in [3.05, 3.63) is 35.4 Å². The number of halogens is 1. The van der Waals surface area contributed by atoms with Gasteiger partial charge >= 0.3 is 0 Å². The van der Waals surface area contributed by atoms with Crippen LogP contribution in [0.1, 0.15) is 24.5 Å². The van der Waals surface area contributed by atoms with Gasteiger partial charge in [-0.1, -0.05) is 29.8 Å². The number of benzene rings is 1. The fourth-order valence-electron chi connectivity index (χ4n) is 1.57. The van der Waals surface area contributed by atoms with Crippen LogP contribution >= 0.6 is 11.6 Å². The lowest BCUT2D eigenvalue weighted by Gasteiger charge is -2.12. The van der Waals surface area contributed by atoms with Crippen molar-refractivity contribution >= 4 is 17.5 Å². The van der Waals surface area contributed by atoms with Crippen molar-refractivity contribution in [1.29, 1.82) is 0 Å². The summed E-state index contributed by atoms with van der Waals surface area (Å²) >= 11 is 5.61. The Balaban J connectivity index is 2.45. The van der Waals surface area contributed by atoms with Gasteiger partial charge in [-0.2, -0.15) is 0 Å². The molecule has 0 aliphatic heterocycles. The predicted molar refractivity (Wildman–Crippen MR) is 67.8 cm³/mol. The molecule has 1 atom stereocenters. The molecule has 0 radical (unpaired) electrons. The Morgan fingerprint density at radius 2 is 2.25 bits per heavy atom. The average molecular weight is 240 g/mol. The first-order valence-corrected chi connectivity index (χ1v) is 6.06. The number of carbonyl (C=O) groups is 1. The maximum atomic E-state index is 11.7. The highest BCUT2D eigenvalue weighted by Gasteiger charge is 2.07. The fourth-order valence-corrected chi connectivity index (χ4v) is 1.90. The van der Waals surface area contributed by atoms with Gasteiger partial charge in [-0.25, -0.2) is 0 Å². The Hall–Kier alpha value is -1.02. The van der Waals surface area contributed by atoms with Crippen LogP contribution in [-0.2, 0) is 11.2 Å². The van der Waals surface area contributed by atoms with Crippen molar-refractivity contribution in [2.45, 2.75) is 32.7 Å². The van der Waals surface area contributed by atoms with E-state index in [0.717, 1.165) is 12.0 Å². The number of hydrogen-bond donors (Lipinski definition) is 1. The van der Waals surface area contributed by atoms with E-state index in [0.29, 0.717) is 12.3 Å². The highest BCUT2D eigenvalue weighted by Crippen LogP contribution is 2.05. The van der Waals surface area contributed by atoms with E-state index in [9.17, 15) is 4.79 Å². The van der Waals surface area contributed by atoms with Gasteiger partial charge in [0.05, 0.1) is 6.42 Å². The smallest absolute Gasteiger partial charge is 0.224 e. The SMILES string of the molecule is Cc1cccc(CC(=O)NC(C)CCCl)c1. The first-order chi connectivity index (χ1) is 7.61. The second-order valence-corrected chi connectivity index (χ2v) is 4.49. The van der Waals surface area contributed by atoms with Gasteiger partial charge in [0.2, 0.25) is 5.91 Å². The summed E-state index contributed by atoms with van der Waals surface area (Å²) < 4.78 is 0. The molecule has 1 N–H and O–H groups in total. The Morgan fingerprint density at radius 3 is 2.88 bits per heavy atom. The largest absolute Gasteiger partial charge is 0.353 e. The zero-order chi connectivity index (χ0) is 12.0. The van der Waals surface area contributed by atoms with E-state index in [1.807, 2.05) is 38.1 Å². The number of nitrogens with one attached hydrogen (secondary N) is 1. The third-order valence-corrected chi connectivity index (χ3v) is 2.61. The van der Waals surface area contributed by atoms with Gasteiger partial charge in [0.25, 0.3) is 0 Å². The Morgan fingerprint density at radius 1 is 1.50 bits per heavy atom. The van der Waals surface area contributed by atoms with Crippen molar-refractivity contribution < 1.29 is 4.79 Å². The first-order valence-electron chi connectivity index (χ1n) is 5.52. The molecule has 0 fully saturated rings. The molecule has 1 aromatic carbocycles. The second kappa shape index (κ2) is 6.54. The molecule has 0 spiro atoms. The number of rotatable bonds is 5. The van der Waals surface area contributed by atoms with Gasteiger partial charge in [-0.05, 0) is 25.8 Å². The molecular formula is C13H18ClNO. The molecule has 16 heavy (non-hydrogen) atoms. The number of aryl methyl sites for hydroxylation is 1. The van der Waals surface area contributed by atoms with Gasteiger partial charge in [0, 0.05) is 11.9 Å². The van der Waals surface area contributed by atoms with Gasteiger partial charge in [-0.3, -0.25) is 4.79 Å². The molecule has 0 heterocycles. The minimum absolute atomic E-state index is 0.0585. The summed E-state index contributed by atoms with van der Waals surface area (Å²) in [6.07, 6.45) is 1.25. The van der Waals surface area contributed by atoms with Crippen LogP contribution < -0.4 is 5.32 Å². The predicted octanol–water partition coefficient (Wildman–Crippen LogP) is 2.67. The fraction of sp³-hybridized carbons (Fsp3) is 0.462. The molecule has 1 unspecified atom stereocenters. The summed E-state index contributed by atoms with van der Waals surface area (Å²) in [6.45, 7) is 3.99. The quantitative estimate of drug-likeness (QED) is 0.787. The molecule has 0 aliphatic carbocycles. The molecule has 1 rings (SSSR count). The third-order valence-electron chi connectivity index (χ3n) is 2.40. The zero-order valence-electron chi connectivity index (χ0n) is 9.79. The van der Waals surface area contributed by atoms with Crippen LogP contribution in [0.3, 0.4) is 0 Å². The lowest BCUT2D eigenvalue weighted by Crippen LogP contribution is -2.33. The van der Waals surface area contributed by atoms with Crippen molar-refractivity contribution in [3.8, 4) is 0 Å². The van der Waals surface area contributed by atoms with E-state index >= 15 is 0 Å². The average Bonchev–Trinajstić information content (AvgIpc) is 2.17. The highest BCUT2D eigenvalue weighted by molar-refractivity contribution is 6.17. The highest BCUT2D eigenvalue weighted by atomic mass is 35.5. The number of alkyl halides is 1. The molecule has 0 saturated carbocycles. The number of hydrogen-bond acceptors (Lipinski definition) is 1. The van der Waals surface area contributed by atoms with Crippen molar-refractivity contribution in [3.63, 3.8) is 0 Å². The summed E-state index contributed by atoms with van der Waals surface area (Å²) in [7, 11) is 0. The molecule has 0 aliphatic rings. The maximum Gasteiger partial charge on any atom is 0.224 e. The summed E-state index contributed by atoms with van der Waals surface area (Å²) in [5, 5.41) is 2.93. The number of amides is 1. The van der Waals surface area contributed by atoms with E-state index < -0.39 is 0 Å². The van der Waals surface area contributed by atoms with E-state index in [4.69, 9.17) is 11.6 Å². The van der Waals surface area contributed by atoms with E-state index in [2.05, 4.69) is 5.32 Å². The molecule has 1 aromatic rings. The lowest BCUT2D eigenvalue weighted by atomic mass is 10.1. The van der Waals surface area contributed by atoms with Gasteiger partial charge < -0.3 is 5.32 Å². The molecule has 0 bridgehead atoms. The van der Waals surface area contributed by atoms with E-state index in [1.54, 1.807) is 0 Å². The summed E-state index contributed by atoms with van der Waals surface area (Å²) in [5.74, 6) is 0.634. The molecule has 88 valence electrons. The van der Waals surface area contributed by atoms with Crippen LogP contribution in [0.2, 0.25) is 0 Å². The minimum Gasteiger partial charge on any atom is -0.353 e. The Kier molecular flexibility index (Phi) is 5.33. The Labute approximate surface area is 102 Å². The van der Waals surface area contributed by atoms with Gasteiger partial charge in [-0.15, -0.1) is 11.6 Å². The molecule has 2 nitrogen and oxygen atoms in total. The van der Waals surface area contributed by atoms with Crippen LogP contribution in [-0.4, -0.2) is 17.8 Å². The summed E-state index contributed by atoms with van der Waals surface area (Å²) in [4.78, 5) is 11.7. The molecule has 0 aromatic heterocycles. The molecule has 0 saturated heterocycles. The standard InChI is InChI=1S/C13H18ClNO/c1-10-4-3-5-12(8-10)9-13(16)15-11(2)6-7-14/h3-5,8,11H,6-7,9H2,1-2H3,(H,15,16). The summed E-state index contributed by atoms with van der Waals surface area (Å²) in [6, 6.07) is 8.15. The van der Waals surface area contributed by atoms with Gasteiger partial charge in [0.1, 0.15) is 0 Å². The van der Waals surface area contributed by atoms with Crippen molar-refractivity contribution in [2.24, 2.45) is 0 Å². The monoisotopic (exact) mass is 239 g/mol. The van der Waals surface area contributed by atoms with Crippen LogP contribution in [0, 0.1) is 6.92 Å². The van der Waals surface area contributed by atoms with Crippen LogP contribution in [0.25, 0.3) is 0 Å². The van der Waals surface area contributed by atoms with Crippen LogP contribution in [0.5, 0.6) is 0 Å². The second-order valence-electron chi connectivity index (χ2n) is 4.11. The number of carbonyl (C=O) groups excluding carboxylic acids is 1. The minimum atomic E-state index is 0.0585. The topological polar surface area (TPSA) is 29.1 Å². The summed E-state index contributed by atoms with van der Waals surface area (Å²) in [5.41, 5.74) is 2.23. The van der Waals surface area contributed by atoms with E-state index in [1.165, 1.54) is 5.56 Å². The maximum absolute atomic E-state index is 11.7. The molecule has 1 amide bonds. The normalized spacial score (nSPS) is 12.2. The van der Waals surface area contributed by atoms with Crippen LogP contribution in [0.4, 0.5) is 0 Å². The van der Waals surface area contributed by atoms with Crippen molar-refractivity contribution in [2.75, 3.05) is 5.88 Å². The lowest BCUT2D eigenvalue weighted by molar-refractivity contribution is -0.121. The van der Waals surface area contributed by atoms with Crippen molar-refractivity contribution in [1.82, 2.24) is 5.32 Å². The molecule has 3 heteroatoms.